The summed E-state index contributed by atoms with van der Waals surface area (Å²) < 4.78 is 0. The third-order valence-corrected chi connectivity index (χ3v) is 10.6. The van der Waals surface area contributed by atoms with Gasteiger partial charge < -0.3 is 5.32 Å². The highest BCUT2D eigenvalue weighted by atomic mass is 14.9. The highest BCUT2D eigenvalue weighted by molar-refractivity contribution is 6.06. The van der Waals surface area contributed by atoms with Gasteiger partial charge in [0.05, 0.1) is 22.3 Å². The normalized spacial score (nSPS) is 13.9. The minimum absolute atomic E-state index is 0.398. The van der Waals surface area contributed by atoms with Gasteiger partial charge in [0.15, 0.2) is 0 Å². The smallest absolute Gasteiger partial charge is 0.0947 e. The molecule has 230 valence electrons. The Hall–Kier alpha value is -6.25. The standard InChI is InChI=1S/C47H32N2/c1-3-13-34(14-4-1)47(35-15-5-2-6-16-35)42-20-10-9-19-39(42)41-30-33(23-27-43(41)47)36-25-26-40(38-18-8-7-17-37(36)38)44-28-24-32-22-21-31-12-11-29-48-45(31)46(32)49-44/h1-28,30,48H,29H2. The monoisotopic (exact) mass is 624 g/mol. The predicted octanol–water partition coefficient (Wildman–Crippen LogP) is 11.5. The highest BCUT2D eigenvalue weighted by Crippen LogP contribution is 2.56. The molecule has 49 heavy (non-hydrogen) atoms. The topological polar surface area (TPSA) is 24.9 Å². The summed E-state index contributed by atoms with van der Waals surface area (Å²) in [5, 5.41) is 7.13. The van der Waals surface area contributed by atoms with Crippen molar-refractivity contribution in [1.29, 1.82) is 0 Å². The van der Waals surface area contributed by atoms with Crippen LogP contribution in [0.1, 0.15) is 27.8 Å². The largest absolute Gasteiger partial charge is 0.379 e. The SMILES string of the molecule is C1=Cc2ccc3ccc(-c4ccc(-c5ccc6c(c5)-c5ccccc5C6(c5ccccc5)c5ccccc5)c5ccccc45)nc3c2NC1. The first-order chi connectivity index (χ1) is 24.3. The second kappa shape index (κ2) is 10.9. The van der Waals surface area contributed by atoms with E-state index in [1.807, 2.05) is 0 Å². The summed E-state index contributed by atoms with van der Waals surface area (Å²) in [4.78, 5) is 5.26. The number of fused-ring (bicyclic) bond motifs is 7. The fraction of sp³-hybridized carbons (Fsp3) is 0.0426. The van der Waals surface area contributed by atoms with E-state index in [2.05, 4.69) is 181 Å². The van der Waals surface area contributed by atoms with Crippen LogP contribution in [-0.4, -0.2) is 11.5 Å². The van der Waals surface area contributed by atoms with Crippen LogP contribution in [0.5, 0.6) is 0 Å². The minimum Gasteiger partial charge on any atom is -0.379 e. The zero-order valence-electron chi connectivity index (χ0n) is 26.9. The van der Waals surface area contributed by atoms with E-state index in [0.29, 0.717) is 0 Å². The van der Waals surface area contributed by atoms with Crippen LogP contribution in [-0.2, 0) is 5.41 Å². The molecule has 2 heteroatoms. The van der Waals surface area contributed by atoms with Gasteiger partial charge in [0.25, 0.3) is 0 Å². The van der Waals surface area contributed by atoms with Gasteiger partial charge in [-0.15, -0.1) is 0 Å². The van der Waals surface area contributed by atoms with E-state index in [0.717, 1.165) is 34.4 Å². The van der Waals surface area contributed by atoms with Crippen molar-refractivity contribution in [3.63, 3.8) is 0 Å². The number of nitrogens with one attached hydrogen (secondary N) is 1. The number of pyridine rings is 1. The predicted molar refractivity (Wildman–Crippen MR) is 205 cm³/mol. The summed E-state index contributed by atoms with van der Waals surface area (Å²) in [6.07, 6.45) is 4.34. The molecule has 7 aromatic carbocycles. The molecule has 0 unspecified atom stereocenters. The molecule has 2 heterocycles. The molecule has 1 aliphatic heterocycles. The van der Waals surface area contributed by atoms with Crippen molar-refractivity contribution in [2.24, 2.45) is 0 Å². The second-order valence-corrected chi connectivity index (χ2v) is 13.1. The molecule has 1 N–H and O–H groups in total. The molecular formula is C47H32N2. The maximum Gasteiger partial charge on any atom is 0.0947 e. The summed E-state index contributed by atoms with van der Waals surface area (Å²) in [5.74, 6) is 0. The minimum atomic E-state index is -0.398. The lowest BCUT2D eigenvalue weighted by atomic mass is 9.67. The van der Waals surface area contributed by atoms with Crippen LogP contribution < -0.4 is 5.32 Å². The van der Waals surface area contributed by atoms with Gasteiger partial charge in [-0.1, -0.05) is 164 Å². The molecule has 10 rings (SSSR count). The highest BCUT2D eigenvalue weighted by Gasteiger charge is 2.45. The Kier molecular flexibility index (Phi) is 6.19. The Morgan fingerprint density at radius 3 is 1.96 bits per heavy atom. The lowest BCUT2D eigenvalue weighted by molar-refractivity contribution is 0.768. The third kappa shape index (κ3) is 4.11. The van der Waals surface area contributed by atoms with E-state index in [9.17, 15) is 0 Å². The fourth-order valence-corrected chi connectivity index (χ4v) is 8.42. The van der Waals surface area contributed by atoms with Gasteiger partial charge in [-0.25, -0.2) is 4.98 Å². The van der Waals surface area contributed by atoms with Crippen molar-refractivity contribution in [2.75, 3.05) is 11.9 Å². The molecule has 0 spiro atoms. The van der Waals surface area contributed by atoms with E-state index >= 15 is 0 Å². The number of anilines is 1. The number of benzene rings is 7. The van der Waals surface area contributed by atoms with Crippen LogP contribution >= 0.6 is 0 Å². The number of hydrogen-bond acceptors (Lipinski definition) is 2. The van der Waals surface area contributed by atoms with Gasteiger partial charge in [0, 0.05) is 17.5 Å². The van der Waals surface area contributed by atoms with Crippen molar-refractivity contribution in [3.8, 4) is 33.5 Å². The van der Waals surface area contributed by atoms with Gasteiger partial charge in [0.2, 0.25) is 0 Å². The Bertz CT molecular complexity index is 2560. The number of aromatic nitrogens is 1. The van der Waals surface area contributed by atoms with Crippen molar-refractivity contribution in [3.05, 3.63) is 198 Å². The Morgan fingerprint density at radius 1 is 0.510 bits per heavy atom. The Balaban J connectivity index is 1.17. The fourth-order valence-electron chi connectivity index (χ4n) is 8.42. The van der Waals surface area contributed by atoms with Crippen LogP contribution in [0.3, 0.4) is 0 Å². The van der Waals surface area contributed by atoms with E-state index < -0.39 is 5.41 Å². The van der Waals surface area contributed by atoms with Crippen molar-refractivity contribution in [1.82, 2.24) is 4.98 Å². The summed E-state index contributed by atoms with van der Waals surface area (Å²) in [6.45, 7) is 0.818. The van der Waals surface area contributed by atoms with Crippen LogP contribution in [0.15, 0.2) is 170 Å². The first-order valence-corrected chi connectivity index (χ1v) is 17.0. The number of nitrogens with zero attached hydrogens (tertiary/aromatic N) is 1. The molecule has 2 nitrogen and oxygen atoms in total. The van der Waals surface area contributed by atoms with E-state index in [1.54, 1.807) is 0 Å². The van der Waals surface area contributed by atoms with Crippen LogP contribution in [0.4, 0.5) is 5.69 Å². The van der Waals surface area contributed by atoms with Crippen molar-refractivity contribution >= 4 is 33.4 Å². The molecular weight excluding hydrogens is 593 g/mol. The molecule has 0 fully saturated rings. The van der Waals surface area contributed by atoms with Crippen LogP contribution in [0.2, 0.25) is 0 Å². The van der Waals surface area contributed by atoms with E-state index in [4.69, 9.17) is 4.98 Å². The van der Waals surface area contributed by atoms with E-state index in [-0.39, 0.29) is 0 Å². The van der Waals surface area contributed by atoms with Crippen molar-refractivity contribution < 1.29 is 0 Å². The molecule has 0 saturated heterocycles. The maximum absolute atomic E-state index is 5.26. The Morgan fingerprint density at radius 2 is 1.16 bits per heavy atom. The summed E-state index contributed by atoms with van der Waals surface area (Å²) in [6, 6.07) is 60.1. The van der Waals surface area contributed by atoms with E-state index in [1.165, 1.54) is 60.8 Å². The van der Waals surface area contributed by atoms with Gasteiger partial charge in [-0.05, 0) is 73.0 Å². The zero-order valence-corrected chi connectivity index (χ0v) is 26.9. The Labute approximate surface area is 286 Å². The van der Waals surface area contributed by atoms with Crippen LogP contribution in [0, 0.1) is 0 Å². The molecule has 0 atom stereocenters. The summed E-state index contributed by atoms with van der Waals surface area (Å²) in [7, 11) is 0. The van der Waals surface area contributed by atoms with Gasteiger partial charge in [0.1, 0.15) is 0 Å². The van der Waals surface area contributed by atoms with Gasteiger partial charge in [-0.2, -0.15) is 0 Å². The third-order valence-electron chi connectivity index (χ3n) is 10.6. The molecule has 2 aliphatic rings. The lowest BCUT2D eigenvalue weighted by Crippen LogP contribution is -2.28. The molecule has 0 saturated carbocycles. The zero-order chi connectivity index (χ0) is 32.4. The average molecular weight is 625 g/mol. The first-order valence-electron chi connectivity index (χ1n) is 17.0. The lowest BCUT2D eigenvalue weighted by Gasteiger charge is -2.33. The maximum atomic E-state index is 5.26. The van der Waals surface area contributed by atoms with Gasteiger partial charge >= 0.3 is 0 Å². The molecule has 1 aromatic heterocycles. The summed E-state index contributed by atoms with van der Waals surface area (Å²) in [5.41, 5.74) is 15.3. The summed E-state index contributed by atoms with van der Waals surface area (Å²) >= 11 is 0. The van der Waals surface area contributed by atoms with Crippen LogP contribution in [0.25, 0.3) is 61.3 Å². The second-order valence-electron chi connectivity index (χ2n) is 13.1. The molecule has 1 aliphatic carbocycles. The molecule has 8 aromatic rings. The van der Waals surface area contributed by atoms with Crippen molar-refractivity contribution in [2.45, 2.75) is 5.41 Å². The first kappa shape index (κ1) is 27.8. The number of hydrogen-bond donors (Lipinski definition) is 1. The van der Waals surface area contributed by atoms with Gasteiger partial charge in [-0.3, -0.25) is 0 Å². The number of rotatable bonds is 4. The quantitative estimate of drug-likeness (QED) is 0.211. The molecule has 0 radical (unpaired) electrons. The molecule has 0 amide bonds. The average Bonchev–Trinajstić information content (AvgIpc) is 3.48. The molecule has 0 bridgehead atoms.